The zero-order valence-corrected chi connectivity index (χ0v) is 17.8. The van der Waals surface area contributed by atoms with Crippen LogP contribution in [0.2, 0.25) is 0 Å². The smallest absolute Gasteiger partial charge is 0.274 e. The highest BCUT2D eigenvalue weighted by atomic mass is 16.5. The molecule has 2 aliphatic heterocycles. The summed E-state index contributed by atoms with van der Waals surface area (Å²) < 4.78 is 5.66. The molecule has 3 heterocycles. The van der Waals surface area contributed by atoms with Gasteiger partial charge in [-0.25, -0.2) is 4.98 Å². The molecule has 170 valence electrons. The van der Waals surface area contributed by atoms with Gasteiger partial charge in [-0.1, -0.05) is 18.2 Å². The van der Waals surface area contributed by atoms with E-state index >= 15 is 0 Å². The molecule has 2 aliphatic rings. The van der Waals surface area contributed by atoms with E-state index in [1.54, 1.807) is 17.0 Å². The van der Waals surface area contributed by atoms with Crippen LogP contribution in [0, 0.1) is 5.41 Å². The predicted octanol–water partition coefficient (Wildman–Crippen LogP) is 0.562. The van der Waals surface area contributed by atoms with Crippen LogP contribution in [0.4, 0.5) is 0 Å². The Morgan fingerprint density at radius 2 is 1.94 bits per heavy atom. The van der Waals surface area contributed by atoms with Gasteiger partial charge in [-0.05, 0) is 36.3 Å². The van der Waals surface area contributed by atoms with Gasteiger partial charge in [0.05, 0.1) is 18.4 Å². The largest absolute Gasteiger partial charge is 0.483 e. The predicted molar refractivity (Wildman–Crippen MR) is 115 cm³/mol. The quantitative estimate of drug-likeness (QED) is 0.592. The first-order valence-corrected chi connectivity index (χ1v) is 10.8. The normalized spacial score (nSPS) is 23.8. The van der Waals surface area contributed by atoms with E-state index in [0.29, 0.717) is 50.3 Å². The number of hydrogen-bond acceptors (Lipinski definition) is 7. The fraction of sp³-hybridized carbons (Fsp3) is 0.478. The number of nitrogens with zero attached hydrogens (tertiary/aromatic N) is 3. The van der Waals surface area contributed by atoms with Crippen LogP contribution in [-0.4, -0.2) is 75.3 Å². The Hall–Kier alpha value is -3.04. The molecule has 2 aromatic rings. The van der Waals surface area contributed by atoms with Gasteiger partial charge < -0.3 is 25.2 Å². The molecular formula is C23H28N4O5. The number of para-hydroxylation sites is 1. The van der Waals surface area contributed by atoms with Crippen LogP contribution < -0.4 is 10.1 Å². The Labute approximate surface area is 186 Å². The van der Waals surface area contributed by atoms with E-state index in [0.717, 1.165) is 5.56 Å². The Balaban J connectivity index is 1.48. The van der Waals surface area contributed by atoms with Crippen molar-refractivity contribution < 1.29 is 24.5 Å². The topological polar surface area (TPSA) is 125 Å². The lowest BCUT2D eigenvalue weighted by atomic mass is 9.73. The molecule has 2 amide bonds. The number of piperidine rings is 1. The fourth-order valence-electron chi connectivity index (χ4n) is 4.44. The highest BCUT2D eigenvalue weighted by Gasteiger charge is 2.40. The minimum absolute atomic E-state index is 0.122. The lowest BCUT2D eigenvalue weighted by Gasteiger charge is -2.43. The van der Waals surface area contributed by atoms with Crippen molar-refractivity contribution in [2.75, 3.05) is 26.2 Å². The van der Waals surface area contributed by atoms with Gasteiger partial charge in [-0.15, -0.1) is 0 Å². The average Bonchev–Trinajstić information content (AvgIpc) is 2.82. The molecule has 1 aromatic heterocycles. The zero-order valence-electron chi connectivity index (χ0n) is 17.8. The van der Waals surface area contributed by atoms with Crippen LogP contribution in [0.3, 0.4) is 0 Å². The number of carbonyl (C=O) groups excluding carboxylic acids is 2. The summed E-state index contributed by atoms with van der Waals surface area (Å²) in [7, 11) is 0. The SMILES string of the molecule is O=C1COc2ccccc2C[C@H](O)[C@H](O)CC2(CCN(C(=O)c3cnccn3)CC2)CN1. The summed E-state index contributed by atoms with van der Waals surface area (Å²) in [6, 6.07) is 7.20. The van der Waals surface area contributed by atoms with E-state index < -0.39 is 17.6 Å². The molecule has 0 saturated carbocycles. The van der Waals surface area contributed by atoms with Crippen molar-refractivity contribution in [3.8, 4) is 5.75 Å². The van der Waals surface area contributed by atoms with Crippen molar-refractivity contribution in [1.82, 2.24) is 20.2 Å². The molecule has 1 saturated heterocycles. The van der Waals surface area contributed by atoms with Gasteiger partial charge in [0, 0.05) is 38.4 Å². The van der Waals surface area contributed by atoms with E-state index in [1.807, 2.05) is 12.1 Å². The summed E-state index contributed by atoms with van der Waals surface area (Å²) >= 11 is 0. The number of amides is 2. The zero-order chi connectivity index (χ0) is 22.6. The number of rotatable bonds is 1. The number of ether oxygens (including phenoxy) is 1. The van der Waals surface area contributed by atoms with E-state index in [-0.39, 0.29) is 24.8 Å². The second kappa shape index (κ2) is 9.62. The summed E-state index contributed by atoms with van der Waals surface area (Å²) in [6.07, 6.45) is 4.23. The molecule has 0 aliphatic carbocycles. The summed E-state index contributed by atoms with van der Waals surface area (Å²) in [4.78, 5) is 34.9. The van der Waals surface area contributed by atoms with Gasteiger partial charge in [-0.3, -0.25) is 14.6 Å². The van der Waals surface area contributed by atoms with Crippen LogP contribution in [0.15, 0.2) is 42.9 Å². The Morgan fingerprint density at radius 1 is 1.16 bits per heavy atom. The van der Waals surface area contributed by atoms with Crippen LogP contribution in [-0.2, 0) is 11.2 Å². The van der Waals surface area contributed by atoms with Gasteiger partial charge in [0.25, 0.3) is 11.8 Å². The Bertz CT molecular complexity index is 946. The number of aromatic nitrogens is 2. The third-order valence-electron chi connectivity index (χ3n) is 6.40. The van der Waals surface area contributed by atoms with Crippen LogP contribution >= 0.6 is 0 Å². The molecule has 32 heavy (non-hydrogen) atoms. The first-order valence-electron chi connectivity index (χ1n) is 10.8. The van der Waals surface area contributed by atoms with Gasteiger partial charge in [0.1, 0.15) is 11.4 Å². The van der Waals surface area contributed by atoms with Crippen molar-refractivity contribution in [1.29, 1.82) is 0 Å². The number of hydrogen-bond donors (Lipinski definition) is 3. The summed E-state index contributed by atoms with van der Waals surface area (Å²) in [5.41, 5.74) is 0.598. The highest BCUT2D eigenvalue weighted by Crippen LogP contribution is 2.37. The Morgan fingerprint density at radius 3 is 2.69 bits per heavy atom. The first kappa shape index (κ1) is 22.2. The van der Waals surface area contributed by atoms with Crippen molar-refractivity contribution in [2.45, 2.75) is 37.9 Å². The van der Waals surface area contributed by atoms with Crippen LogP contribution in [0.5, 0.6) is 5.75 Å². The molecule has 9 nitrogen and oxygen atoms in total. The number of likely N-dealkylation sites (tertiary alicyclic amines) is 1. The molecule has 0 unspecified atom stereocenters. The maximum atomic E-state index is 12.7. The monoisotopic (exact) mass is 440 g/mol. The second-order valence-electron chi connectivity index (χ2n) is 8.60. The summed E-state index contributed by atoms with van der Waals surface area (Å²) in [5.74, 6) is 0.101. The van der Waals surface area contributed by atoms with Crippen LogP contribution in [0.1, 0.15) is 35.3 Å². The number of carbonyl (C=O) groups is 2. The molecule has 9 heteroatoms. The minimum Gasteiger partial charge on any atom is -0.483 e. The van der Waals surface area contributed by atoms with Crippen molar-refractivity contribution >= 4 is 11.8 Å². The van der Waals surface area contributed by atoms with Gasteiger partial charge in [0.2, 0.25) is 0 Å². The van der Waals surface area contributed by atoms with Crippen molar-refractivity contribution in [2.24, 2.45) is 5.41 Å². The summed E-state index contributed by atoms with van der Waals surface area (Å²) in [5, 5.41) is 24.4. The van der Waals surface area contributed by atoms with E-state index in [4.69, 9.17) is 4.74 Å². The molecule has 1 fully saturated rings. The highest BCUT2D eigenvalue weighted by molar-refractivity contribution is 5.92. The maximum absolute atomic E-state index is 12.7. The molecule has 4 rings (SSSR count). The molecule has 0 bridgehead atoms. The van der Waals surface area contributed by atoms with Gasteiger partial charge in [-0.2, -0.15) is 0 Å². The van der Waals surface area contributed by atoms with E-state index in [2.05, 4.69) is 15.3 Å². The van der Waals surface area contributed by atoms with Crippen LogP contribution in [0.25, 0.3) is 0 Å². The lowest BCUT2D eigenvalue weighted by molar-refractivity contribution is -0.124. The van der Waals surface area contributed by atoms with Gasteiger partial charge in [0.15, 0.2) is 6.61 Å². The molecule has 2 atom stereocenters. The number of aliphatic hydroxyl groups excluding tert-OH is 2. The number of nitrogens with one attached hydrogen (secondary N) is 1. The lowest BCUT2D eigenvalue weighted by Crippen LogP contribution is -2.51. The molecule has 0 radical (unpaired) electrons. The van der Waals surface area contributed by atoms with E-state index in [9.17, 15) is 19.8 Å². The van der Waals surface area contributed by atoms with Crippen molar-refractivity contribution in [3.63, 3.8) is 0 Å². The third kappa shape index (κ3) is 5.05. The number of benzene rings is 1. The molecular weight excluding hydrogens is 412 g/mol. The second-order valence-corrected chi connectivity index (χ2v) is 8.60. The molecule has 3 N–H and O–H groups in total. The first-order chi connectivity index (χ1) is 15.5. The summed E-state index contributed by atoms with van der Waals surface area (Å²) in [6.45, 7) is 1.15. The van der Waals surface area contributed by atoms with Crippen molar-refractivity contribution in [3.05, 3.63) is 54.1 Å². The molecule has 1 spiro atoms. The van der Waals surface area contributed by atoms with Gasteiger partial charge >= 0.3 is 0 Å². The van der Waals surface area contributed by atoms with E-state index in [1.165, 1.54) is 18.6 Å². The number of fused-ring (bicyclic) bond motifs is 1. The Kier molecular flexibility index (Phi) is 6.66. The number of aliphatic hydroxyl groups is 2. The maximum Gasteiger partial charge on any atom is 0.274 e. The minimum atomic E-state index is -0.971. The average molecular weight is 441 g/mol. The standard InChI is InChI=1S/C23H28N4O5/c28-18-11-16-3-1-2-4-20(16)32-14-21(30)26-15-23(12-19(18)29)5-9-27(10-6-23)22(31)17-13-24-7-8-25-17/h1-4,7-8,13,18-19,28-29H,5-6,9-12,14-15H2,(H,26,30)/t18-,19+/m0/s1. The third-order valence-corrected chi connectivity index (χ3v) is 6.40. The molecule has 1 aromatic carbocycles. The fourth-order valence-corrected chi connectivity index (χ4v) is 4.44.